The summed E-state index contributed by atoms with van der Waals surface area (Å²) >= 11 is 0. The molecule has 2 unspecified atom stereocenters. The minimum absolute atomic E-state index is 0.404. The molecule has 0 spiro atoms. The van der Waals surface area contributed by atoms with Crippen LogP contribution in [-0.2, 0) is 4.74 Å². The second-order valence-corrected chi connectivity index (χ2v) is 6.38. The van der Waals surface area contributed by atoms with Gasteiger partial charge in [-0.1, -0.05) is 0 Å². The molecule has 0 rings (SSSR count). The van der Waals surface area contributed by atoms with E-state index in [1.54, 1.807) is 0 Å². The smallest absolute Gasteiger partial charge is 0.192 e. The Balaban J connectivity index is 3.61. The van der Waals surface area contributed by atoms with E-state index < -0.39 is 12.5 Å². The Hall–Kier alpha value is -0.200. The molecule has 0 aliphatic heterocycles. The van der Waals surface area contributed by atoms with Gasteiger partial charge in [0.05, 0.1) is 55.5 Å². The van der Waals surface area contributed by atoms with Crippen LogP contribution in [0.2, 0.25) is 0 Å². The Morgan fingerprint density at radius 3 is 1.29 bits per heavy atom. The van der Waals surface area contributed by atoms with Crippen molar-refractivity contribution in [2.75, 3.05) is 55.5 Å². The molecule has 2 N–H and O–H groups in total. The quantitative estimate of drug-likeness (QED) is 0.357. The summed E-state index contributed by atoms with van der Waals surface area (Å²) in [6, 6.07) is 0. The van der Waals surface area contributed by atoms with Gasteiger partial charge in [-0.2, -0.15) is 0 Å². The van der Waals surface area contributed by atoms with Crippen LogP contribution < -0.4 is 0 Å². The third-order valence-corrected chi connectivity index (χ3v) is 2.83. The second kappa shape index (κ2) is 6.66. The van der Waals surface area contributed by atoms with Crippen LogP contribution in [0.4, 0.5) is 0 Å². The van der Waals surface area contributed by atoms with Crippen LogP contribution in [0.1, 0.15) is 12.8 Å². The average Bonchev–Trinajstić information content (AvgIpc) is 2.13. The molecule has 0 heterocycles. The predicted molar refractivity (Wildman–Crippen MR) is 68.1 cm³/mol. The Kier molecular flexibility index (Phi) is 6.58. The van der Waals surface area contributed by atoms with Crippen molar-refractivity contribution < 1.29 is 23.9 Å². The van der Waals surface area contributed by atoms with Crippen molar-refractivity contribution >= 4 is 0 Å². The number of hydrogen-bond donors (Lipinski definition) is 2. The van der Waals surface area contributed by atoms with Crippen LogP contribution in [0.25, 0.3) is 0 Å². The van der Waals surface area contributed by atoms with Crippen LogP contribution in [0.3, 0.4) is 0 Å². The largest absolute Gasteiger partial charge is 0.381 e. The first kappa shape index (κ1) is 16.8. The molecular formula is C12H30N2O3+2. The molecule has 0 aromatic heterocycles. The van der Waals surface area contributed by atoms with Gasteiger partial charge in [-0.05, 0) is 0 Å². The number of aliphatic hydroxyl groups excluding tert-OH is 2. The molecule has 5 heteroatoms. The maximum Gasteiger partial charge on any atom is 0.192 e. The topological polar surface area (TPSA) is 49.7 Å². The van der Waals surface area contributed by atoms with Crippen molar-refractivity contribution in [3.63, 3.8) is 0 Å². The summed E-state index contributed by atoms with van der Waals surface area (Å²) in [4.78, 5) is 0. The summed E-state index contributed by atoms with van der Waals surface area (Å²) in [5.74, 6) is 0. The molecular weight excluding hydrogens is 220 g/mol. The van der Waals surface area contributed by atoms with Gasteiger partial charge in [0.1, 0.15) is 0 Å². The van der Waals surface area contributed by atoms with Crippen LogP contribution in [0, 0.1) is 0 Å². The van der Waals surface area contributed by atoms with Crippen molar-refractivity contribution in [1.29, 1.82) is 0 Å². The minimum atomic E-state index is -0.404. The zero-order chi connectivity index (χ0) is 13.7. The molecule has 104 valence electrons. The van der Waals surface area contributed by atoms with E-state index in [1.165, 1.54) is 0 Å². The lowest BCUT2D eigenvalue weighted by atomic mass is 10.3. The first-order chi connectivity index (χ1) is 7.55. The van der Waals surface area contributed by atoms with Gasteiger partial charge in [0.2, 0.25) is 0 Å². The lowest BCUT2D eigenvalue weighted by Gasteiger charge is -2.30. The van der Waals surface area contributed by atoms with Gasteiger partial charge < -0.3 is 23.9 Å². The third kappa shape index (κ3) is 7.68. The Morgan fingerprint density at radius 2 is 1.06 bits per heavy atom. The summed E-state index contributed by atoms with van der Waals surface area (Å²) in [5.41, 5.74) is 0. The zero-order valence-corrected chi connectivity index (χ0v) is 12.2. The van der Waals surface area contributed by atoms with E-state index in [9.17, 15) is 10.2 Å². The summed E-state index contributed by atoms with van der Waals surface area (Å²) in [6.07, 6.45) is 0.421. The monoisotopic (exact) mass is 250 g/mol. The highest BCUT2D eigenvalue weighted by Gasteiger charge is 2.21. The van der Waals surface area contributed by atoms with Crippen molar-refractivity contribution in [1.82, 2.24) is 0 Å². The van der Waals surface area contributed by atoms with E-state index in [4.69, 9.17) is 4.74 Å². The van der Waals surface area contributed by atoms with E-state index >= 15 is 0 Å². The molecule has 17 heavy (non-hydrogen) atoms. The number of aliphatic hydroxyl groups is 2. The van der Waals surface area contributed by atoms with E-state index in [0.29, 0.717) is 35.0 Å². The van der Waals surface area contributed by atoms with Gasteiger partial charge in [0.25, 0.3) is 0 Å². The minimum Gasteiger partial charge on any atom is -0.381 e. The summed E-state index contributed by atoms with van der Waals surface area (Å²) in [7, 11) is 11.7. The number of ether oxygens (including phenoxy) is 1. The predicted octanol–water partition coefficient (Wildman–Crippen LogP) is -0.168. The van der Waals surface area contributed by atoms with Crippen molar-refractivity contribution in [3.05, 3.63) is 0 Å². The Labute approximate surface area is 105 Å². The lowest BCUT2D eigenvalue weighted by Crippen LogP contribution is -2.46. The number of hydrogen-bond acceptors (Lipinski definition) is 3. The molecule has 0 aromatic rings. The molecule has 0 radical (unpaired) electrons. The number of quaternary nitrogens is 2. The van der Waals surface area contributed by atoms with Crippen LogP contribution >= 0.6 is 0 Å². The fraction of sp³-hybridized carbons (Fsp3) is 1.00. The van der Waals surface area contributed by atoms with Crippen molar-refractivity contribution in [2.24, 2.45) is 0 Å². The summed E-state index contributed by atoms with van der Waals surface area (Å²) in [6.45, 7) is 1.06. The van der Waals surface area contributed by atoms with E-state index in [1.807, 2.05) is 42.3 Å². The molecule has 0 fully saturated rings. The molecule has 0 bridgehead atoms. The van der Waals surface area contributed by atoms with Gasteiger partial charge in [0.15, 0.2) is 12.5 Å². The zero-order valence-electron chi connectivity index (χ0n) is 12.2. The second-order valence-electron chi connectivity index (χ2n) is 6.38. The third-order valence-electron chi connectivity index (χ3n) is 2.83. The van der Waals surface area contributed by atoms with E-state index in [0.717, 1.165) is 0 Å². The van der Waals surface area contributed by atoms with Crippen molar-refractivity contribution in [2.45, 2.75) is 25.3 Å². The van der Waals surface area contributed by atoms with Crippen LogP contribution in [0.15, 0.2) is 0 Å². The van der Waals surface area contributed by atoms with Gasteiger partial charge in [-0.25, -0.2) is 0 Å². The molecule has 0 aromatic carbocycles. The molecule has 0 amide bonds. The molecule has 0 aliphatic rings. The maximum absolute atomic E-state index is 9.76. The van der Waals surface area contributed by atoms with E-state index in [2.05, 4.69) is 0 Å². The van der Waals surface area contributed by atoms with Crippen LogP contribution in [-0.4, -0.2) is 87.1 Å². The highest BCUT2D eigenvalue weighted by molar-refractivity contribution is 4.44. The average molecular weight is 250 g/mol. The molecule has 5 nitrogen and oxygen atoms in total. The van der Waals surface area contributed by atoms with Gasteiger partial charge in [0, 0.05) is 12.8 Å². The standard InChI is InChI=1S/C12H30N2O3/c1-13(2,3)11(15)7-9-17-10-8-12(16)14(4,5)6/h11-12,15-16H,7-10H2,1-6H3/q+2. The number of nitrogens with zero attached hydrogens (tertiary/aromatic N) is 2. The lowest BCUT2D eigenvalue weighted by molar-refractivity contribution is -0.919. The SMILES string of the molecule is C[N+](C)(C)C(O)CCOCCC(O)[N+](C)(C)C. The summed E-state index contributed by atoms with van der Waals surface area (Å²) in [5, 5.41) is 19.5. The first-order valence-corrected chi connectivity index (χ1v) is 6.11. The van der Waals surface area contributed by atoms with Crippen molar-refractivity contribution in [3.8, 4) is 0 Å². The highest BCUT2D eigenvalue weighted by Crippen LogP contribution is 2.06. The molecule has 2 atom stereocenters. The Bertz CT molecular complexity index is 187. The Morgan fingerprint density at radius 1 is 0.765 bits per heavy atom. The van der Waals surface area contributed by atoms with Crippen LogP contribution in [0.5, 0.6) is 0 Å². The fourth-order valence-corrected chi connectivity index (χ4v) is 1.25. The molecule has 0 saturated carbocycles. The number of rotatable bonds is 8. The highest BCUT2D eigenvalue weighted by atomic mass is 16.5. The van der Waals surface area contributed by atoms with Gasteiger partial charge in [-0.3, -0.25) is 0 Å². The molecule has 0 aliphatic carbocycles. The summed E-state index contributed by atoms with van der Waals surface area (Å²) < 4.78 is 6.46. The maximum atomic E-state index is 9.76. The van der Waals surface area contributed by atoms with E-state index in [-0.39, 0.29) is 0 Å². The first-order valence-electron chi connectivity index (χ1n) is 6.11. The molecule has 0 saturated heterocycles. The van der Waals surface area contributed by atoms with Gasteiger partial charge in [-0.15, -0.1) is 0 Å². The normalized spacial score (nSPS) is 16.9. The fourth-order valence-electron chi connectivity index (χ4n) is 1.25. The van der Waals surface area contributed by atoms with Gasteiger partial charge >= 0.3 is 0 Å².